The van der Waals surface area contributed by atoms with E-state index in [1.807, 2.05) is 36.5 Å². The Balaban J connectivity index is 2.34. The molecule has 2 aromatic rings. The third kappa shape index (κ3) is 1.27. The number of fused-ring (bicyclic) bond motifs is 3. The van der Waals surface area contributed by atoms with Crippen LogP contribution in [0.4, 0.5) is 5.82 Å². The van der Waals surface area contributed by atoms with Crippen LogP contribution in [0.2, 0.25) is 0 Å². The number of aliphatic hydroxyl groups is 1. The molecule has 2 heterocycles. The van der Waals surface area contributed by atoms with Gasteiger partial charge in [0.2, 0.25) is 6.23 Å². The summed E-state index contributed by atoms with van der Waals surface area (Å²) in [5, 5.41) is 18.7. The van der Waals surface area contributed by atoms with Gasteiger partial charge in [-0.1, -0.05) is 23.3 Å². The Labute approximate surface area is 86.5 Å². The average Bonchev–Trinajstić information content (AvgIpc) is 2.29. The summed E-state index contributed by atoms with van der Waals surface area (Å²) in [5.74, 6) is 0.822. The Bertz CT molecular complexity index is 551. The molecule has 4 heteroatoms. The lowest BCUT2D eigenvalue weighted by atomic mass is 10.1. The van der Waals surface area contributed by atoms with Crippen LogP contribution in [0.3, 0.4) is 0 Å². The first-order valence-corrected chi connectivity index (χ1v) is 4.77. The molecule has 1 atom stereocenters. The van der Waals surface area contributed by atoms with E-state index in [9.17, 15) is 5.11 Å². The van der Waals surface area contributed by atoms with Gasteiger partial charge in [0.25, 0.3) is 0 Å². The van der Waals surface area contributed by atoms with Crippen LogP contribution in [0.1, 0.15) is 0 Å². The summed E-state index contributed by atoms with van der Waals surface area (Å²) in [6.07, 6.45) is 2.62. The van der Waals surface area contributed by atoms with Gasteiger partial charge in [-0.3, -0.25) is 0 Å². The highest BCUT2D eigenvalue weighted by Crippen LogP contribution is 2.20. The van der Waals surface area contributed by atoms with Crippen molar-refractivity contribution >= 4 is 22.8 Å². The number of anilines is 1. The van der Waals surface area contributed by atoms with Gasteiger partial charge in [-0.25, -0.2) is 5.32 Å². The zero-order chi connectivity index (χ0) is 10.3. The molecule has 1 aliphatic heterocycles. The minimum Gasteiger partial charge on any atom is -0.351 e. The highest BCUT2D eigenvalue weighted by molar-refractivity contribution is 5.91. The largest absolute Gasteiger partial charge is 0.351 e. The van der Waals surface area contributed by atoms with E-state index in [0.717, 1.165) is 16.6 Å². The molecule has 1 aromatic heterocycles. The lowest BCUT2D eigenvalue weighted by Gasteiger charge is -2.11. The van der Waals surface area contributed by atoms with Gasteiger partial charge < -0.3 is 5.11 Å². The van der Waals surface area contributed by atoms with E-state index in [1.54, 1.807) is 4.68 Å². The van der Waals surface area contributed by atoms with E-state index in [1.165, 1.54) is 6.21 Å². The average molecular weight is 200 g/mol. The molecule has 0 bridgehead atoms. The fourth-order valence-electron chi connectivity index (χ4n) is 1.76. The van der Waals surface area contributed by atoms with E-state index in [2.05, 4.69) is 10.4 Å². The number of hydrogen-bond acceptors (Lipinski definition) is 3. The number of hydrogen-bond donors (Lipinski definition) is 2. The van der Waals surface area contributed by atoms with Crippen molar-refractivity contribution in [1.82, 2.24) is 0 Å². The van der Waals surface area contributed by atoms with Crippen LogP contribution in [-0.4, -0.2) is 17.5 Å². The Hall–Kier alpha value is -1.94. The summed E-state index contributed by atoms with van der Waals surface area (Å²) in [5.41, 5.74) is 0. The normalized spacial score (nSPS) is 18.6. The van der Waals surface area contributed by atoms with E-state index < -0.39 is 6.23 Å². The van der Waals surface area contributed by atoms with Crippen molar-refractivity contribution in [3.63, 3.8) is 0 Å². The molecule has 0 saturated carbocycles. The molecule has 74 valence electrons. The lowest BCUT2D eigenvalue weighted by molar-refractivity contribution is -0.665. The second kappa shape index (κ2) is 3.03. The van der Waals surface area contributed by atoms with E-state index in [4.69, 9.17) is 0 Å². The summed E-state index contributed by atoms with van der Waals surface area (Å²) in [6.45, 7) is 0. The number of aromatic nitrogens is 1. The third-order valence-corrected chi connectivity index (χ3v) is 2.46. The van der Waals surface area contributed by atoms with Gasteiger partial charge in [0, 0.05) is 0 Å². The maximum atomic E-state index is 9.44. The highest BCUT2D eigenvalue weighted by atomic mass is 16.3. The minimum absolute atomic E-state index is 0.712. The van der Waals surface area contributed by atoms with Crippen LogP contribution in [0.15, 0.2) is 41.6 Å². The topological polar surface area (TPSA) is 48.5 Å². The Morgan fingerprint density at radius 2 is 2.13 bits per heavy atom. The first-order chi connectivity index (χ1) is 7.34. The lowest BCUT2D eigenvalue weighted by Crippen LogP contribution is -2.41. The standard InChI is InChI=1S/C11H9N3O/c15-10-7-12-14-6-5-8-3-1-2-4-9(8)11(14)13-10/h1-7,10,15H/p+1. The molecule has 0 saturated heterocycles. The van der Waals surface area contributed by atoms with Crippen LogP contribution in [0, 0.1) is 0 Å². The second-order valence-corrected chi connectivity index (χ2v) is 3.45. The van der Waals surface area contributed by atoms with Crippen LogP contribution >= 0.6 is 0 Å². The van der Waals surface area contributed by atoms with Gasteiger partial charge >= 0.3 is 5.82 Å². The first kappa shape index (κ1) is 8.38. The molecule has 0 radical (unpaired) electrons. The third-order valence-electron chi connectivity index (χ3n) is 2.46. The van der Waals surface area contributed by atoms with Gasteiger partial charge in [0.1, 0.15) is 12.4 Å². The van der Waals surface area contributed by atoms with Gasteiger partial charge in [0.15, 0.2) is 0 Å². The molecule has 4 nitrogen and oxygen atoms in total. The van der Waals surface area contributed by atoms with Crippen LogP contribution < -0.4 is 9.99 Å². The quantitative estimate of drug-likeness (QED) is 0.615. The molecule has 3 rings (SSSR count). The van der Waals surface area contributed by atoms with Crippen molar-refractivity contribution in [1.29, 1.82) is 0 Å². The molecule has 0 amide bonds. The molecule has 0 fully saturated rings. The number of rotatable bonds is 0. The van der Waals surface area contributed by atoms with Crippen molar-refractivity contribution in [3.8, 4) is 0 Å². The number of nitrogens with zero attached hydrogens (tertiary/aromatic N) is 2. The summed E-state index contributed by atoms with van der Waals surface area (Å²) in [7, 11) is 0. The predicted molar refractivity (Wildman–Crippen MR) is 57.7 cm³/mol. The van der Waals surface area contributed by atoms with Crippen LogP contribution in [-0.2, 0) is 0 Å². The summed E-state index contributed by atoms with van der Waals surface area (Å²) >= 11 is 0. The fraction of sp³-hybridized carbons (Fsp3) is 0.0909. The number of nitrogens with one attached hydrogen (secondary N) is 1. The van der Waals surface area contributed by atoms with Gasteiger partial charge in [-0.15, -0.1) is 4.68 Å². The van der Waals surface area contributed by atoms with Crippen molar-refractivity contribution in [3.05, 3.63) is 36.5 Å². The molecule has 1 unspecified atom stereocenters. The predicted octanol–water partition coefficient (Wildman–Crippen LogP) is 0.705. The summed E-state index contributed by atoms with van der Waals surface area (Å²) in [4.78, 5) is 0. The zero-order valence-corrected chi connectivity index (χ0v) is 7.96. The Morgan fingerprint density at radius 3 is 3.07 bits per heavy atom. The number of aliphatic hydroxyl groups excluding tert-OH is 1. The second-order valence-electron chi connectivity index (χ2n) is 3.45. The molecule has 1 aromatic carbocycles. The number of benzene rings is 1. The molecule has 15 heavy (non-hydrogen) atoms. The SMILES string of the molecule is OC1C=N[n+]2ccc3ccccc3c2N1. The first-order valence-electron chi connectivity index (χ1n) is 4.77. The van der Waals surface area contributed by atoms with Crippen LogP contribution in [0.5, 0.6) is 0 Å². The molecular weight excluding hydrogens is 190 g/mol. The van der Waals surface area contributed by atoms with Gasteiger partial charge in [-0.2, -0.15) is 0 Å². The maximum absolute atomic E-state index is 9.44. The van der Waals surface area contributed by atoms with Crippen LogP contribution in [0.25, 0.3) is 10.8 Å². The summed E-state index contributed by atoms with van der Waals surface area (Å²) < 4.78 is 1.72. The molecular formula is C11H10N3O+. The van der Waals surface area contributed by atoms with E-state index in [0.29, 0.717) is 0 Å². The summed E-state index contributed by atoms with van der Waals surface area (Å²) in [6, 6.07) is 9.98. The highest BCUT2D eigenvalue weighted by Gasteiger charge is 2.20. The zero-order valence-electron chi connectivity index (χ0n) is 7.96. The Kier molecular flexibility index (Phi) is 1.69. The molecule has 1 aliphatic rings. The van der Waals surface area contributed by atoms with Gasteiger partial charge in [0.05, 0.1) is 5.39 Å². The van der Waals surface area contributed by atoms with Crippen molar-refractivity contribution in [2.45, 2.75) is 6.23 Å². The molecule has 0 aliphatic carbocycles. The molecule has 0 spiro atoms. The minimum atomic E-state index is -0.712. The fourth-order valence-corrected chi connectivity index (χ4v) is 1.76. The Morgan fingerprint density at radius 1 is 1.27 bits per heavy atom. The maximum Gasteiger partial charge on any atom is 0.310 e. The van der Waals surface area contributed by atoms with E-state index in [-0.39, 0.29) is 0 Å². The van der Waals surface area contributed by atoms with E-state index >= 15 is 0 Å². The van der Waals surface area contributed by atoms with Crippen molar-refractivity contribution in [2.24, 2.45) is 5.10 Å². The van der Waals surface area contributed by atoms with Gasteiger partial charge in [-0.05, 0) is 17.5 Å². The van der Waals surface area contributed by atoms with Crippen molar-refractivity contribution in [2.75, 3.05) is 5.32 Å². The molecule has 2 N–H and O–H groups in total. The smallest absolute Gasteiger partial charge is 0.310 e. The number of pyridine rings is 1. The monoisotopic (exact) mass is 200 g/mol. The van der Waals surface area contributed by atoms with Crippen molar-refractivity contribution < 1.29 is 9.78 Å².